The summed E-state index contributed by atoms with van der Waals surface area (Å²) in [6.45, 7) is 2.01. The third kappa shape index (κ3) is 8.97. The lowest BCUT2D eigenvalue weighted by atomic mass is 10.0. The Morgan fingerprint density at radius 2 is 1.75 bits per heavy atom. The molecule has 5 rings (SSSR count). The van der Waals surface area contributed by atoms with E-state index in [1.54, 1.807) is 24.3 Å². The SMILES string of the molecule is COc1ccc([C@H](Cc2c(Cl)c[n+]([O-])cc2Cl)OC(=O)c2ccc(CNC(C(=O)O[C@@H]3CCCN(C)C3)c3ccccc3)s2)cc1OC. The van der Waals surface area contributed by atoms with Crippen LogP contribution in [0.2, 0.25) is 10.0 Å². The summed E-state index contributed by atoms with van der Waals surface area (Å²) in [5.41, 5.74) is 1.85. The molecule has 1 fully saturated rings. The molecule has 1 aliphatic heterocycles. The van der Waals surface area contributed by atoms with Crippen molar-refractivity contribution in [3.05, 3.63) is 115 Å². The van der Waals surface area contributed by atoms with Gasteiger partial charge in [0.15, 0.2) is 23.9 Å². The average molecular weight is 715 g/mol. The number of aromatic nitrogens is 1. The number of benzene rings is 2. The highest BCUT2D eigenvalue weighted by Gasteiger charge is 2.28. The van der Waals surface area contributed by atoms with Gasteiger partial charge in [0.1, 0.15) is 33.2 Å². The second-order valence-corrected chi connectivity index (χ2v) is 13.4. The van der Waals surface area contributed by atoms with Crippen LogP contribution in [0.3, 0.4) is 0 Å². The first-order valence-electron chi connectivity index (χ1n) is 15.4. The fraction of sp³-hybridized carbons (Fsp3) is 0.343. The van der Waals surface area contributed by atoms with Crippen LogP contribution in [0.25, 0.3) is 0 Å². The fourth-order valence-electron chi connectivity index (χ4n) is 5.59. The Morgan fingerprint density at radius 1 is 1.02 bits per heavy atom. The molecule has 3 heterocycles. The number of methoxy groups -OCH3 is 2. The quantitative estimate of drug-likeness (QED) is 0.0967. The van der Waals surface area contributed by atoms with Gasteiger partial charge < -0.3 is 29.1 Å². The van der Waals surface area contributed by atoms with Gasteiger partial charge in [0.05, 0.1) is 14.2 Å². The Balaban J connectivity index is 1.32. The number of nitrogens with zero attached hydrogens (tertiary/aromatic N) is 2. The molecule has 1 aliphatic rings. The molecule has 2 aromatic carbocycles. The number of likely N-dealkylation sites (tertiary alicyclic amines) is 1. The molecule has 10 nitrogen and oxygen atoms in total. The highest BCUT2D eigenvalue weighted by Crippen LogP contribution is 2.36. The number of carbonyl (C=O) groups is 2. The summed E-state index contributed by atoms with van der Waals surface area (Å²) in [5, 5.41) is 15.5. The maximum absolute atomic E-state index is 13.6. The summed E-state index contributed by atoms with van der Waals surface area (Å²) >= 11 is 14.0. The molecule has 1 unspecified atom stereocenters. The Labute approximate surface area is 293 Å². The van der Waals surface area contributed by atoms with Crippen LogP contribution in [-0.4, -0.2) is 57.3 Å². The standard InChI is InChI=1S/C35H37Cl2N3O7S/c1-39-15-7-10-24(19-39)46-35(42)33(22-8-5-4-6-9-22)38-18-25-12-14-32(48-25)34(41)47-30(17-26-27(36)20-40(43)21-28(26)37)23-11-13-29(44-2)31(16-23)45-3/h4-6,8-9,11-14,16,20-21,24,30,33,38H,7,10,15,17-19H2,1-3H3/t24-,30+,33?/m1/s1. The third-order valence-corrected chi connectivity index (χ3v) is 9.77. The number of carbonyl (C=O) groups excluding carboxylic acids is 2. The van der Waals surface area contributed by atoms with E-state index in [-0.39, 0.29) is 28.5 Å². The normalized spacial score (nSPS) is 16.1. The molecule has 0 radical (unpaired) electrons. The second-order valence-electron chi connectivity index (χ2n) is 11.5. The summed E-state index contributed by atoms with van der Waals surface area (Å²) in [4.78, 5) is 30.3. The molecule has 1 saturated heterocycles. The first-order valence-corrected chi connectivity index (χ1v) is 17.0. The van der Waals surface area contributed by atoms with E-state index in [4.69, 9.17) is 42.1 Å². The predicted octanol–water partition coefficient (Wildman–Crippen LogP) is 6.31. The fourth-order valence-corrected chi connectivity index (χ4v) is 7.03. The average Bonchev–Trinajstić information content (AvgIpc) is 3.55. The van der Waals surface area contributed by atoms with Gasteiger partial charge in [0.2, 0.25) is 0 Å². The highest BCUT2D eigenvalue weighted by molar-refractivity contribution is 7.13. The van der Waals surface area contributed by atoms with Gasteiger partial charge in [-0.15, -0.1) is 11.3 Å². The van der Waals surface area contributed by atoms with E-state index in [9.17, 15) is 14.8 Å². The predicted molar refractivity (Wildman–Crippen MR) is 184 cm³/mol. The molecule has 0 bridgehead atoms. The van der Waals surface area contributed by atoms with Crippen molar-refractivity contribution in [3.8, 4) is 11.5 Å². The number of nitrogens with one attached hydrogen (secondary N) is 1. The van der Waals surface area contributed by atoms with Gasteiger partial charge in [0, 0.05) is 30.0 Å². The van der Waals surface area contributed by atoms with Gasteiger partial charge in [-0.2, -0.15) is 4.73 Å². The van der Waals surface area contributed by atoms with Gasteiger partial charge in [0.25, 0.3) is 0 Å². The number of hydrogen-bond donors (Lipinski definition) is 1. The maximum Gasteiger partial charge on any atom is 0.348 e. The lowest BCUT2D eigenvalue weighted by Gasteiger charge is -2.30. The molecule has 254 valence electrons. The minimum Gasteiger partial charge on any atom is -0.619 e. The molecule has 0 amide bonds. The van der Waals surface area contributed by atoms with Crippen LogP contribution < -0.4 is 19.5 Å². The topological polar surface area (TPSA) is 113 Å². The van der Waals surface area contributed by atoms with Crippen molar-refractivity contribution >= 4 is 46.5 Å². The molecule has 3 atom stereocenters. The van der Waals surface area contributed by atoms with Gasteiger partial charge in [-0.1, -0.05) is 59.6 Å². The van der Waals surface area contributed by atoms with Crippen molar-refractivity contribution in [2.24, 2.45) is 0 Å². The van der Waals surface area contributed by atoms with E-state index in [0.717, 1.165) is 29.8 Å². The number of rotatable bonds is 13. The van der Waals surface area contributed by atoms with Crippen molar-refractivity contribution in [2.75, 3.05) is 34.4 Å². The minimum atomic E-state index is -0.838. The lowest BCUT2D eigenvalue weighted by Crippen LogP contribution is -2.40. The molecule has 0 spiro atoms. The van der Waals surface area contributed by atoms with Crippen LogP contribution in [-0.2, 0) is 27.2 Å². The zero-order valence-electron chi connectivity index (χ0n) is 26.8. The molecule has 0 aliphatic carbocycles. The number of likely N-dealkylation sites (N-methyl/N-ethyl adjacent to an activating group) is 1. The molecular formula is C35H37Cl2N3O7S. The zero-order chi connectivity index (χ0) is 34.2. The van der Waals surface area contributed by atoms with Crippen molar-refractivity contribution in [1.82, 2.24) is 10.2 Å². The number of pyridine rings is 1. The first-order chi connectivity index (χ1) is 23.1. The molecule has 4 aromatic rings. The van der Waals surface area contributed by atoms with Crippen LogP contribution in [0.4, 0.5) is 0 Å². The first kappa shape index (κ1) is 35.4. The molecule has 48 heavy (non-hydrogen) atoms. The van der Waals surface area contributed by atoms with Crippen LogP contribution in [0.5, 0.6) is 11.5 Å². The Morgan fingerprint density at radius 3 is 2.44 bits per heavy atom. The third-order valence-electron chi connectivity index (χ3n) is 8.05. The highest BCUT2D eigenvalue weighted by atomic mass is 35.5. The number of piperidine rings is 1. The molecule has 13 heteroatoms. The van der Waals surface area contributed by atoms with Gasteiger partial charge in [-0.05, 0) is 61.8 Å². The summed E-state index contributed by atoms with van der Waals surface area (Å²) < 4.78 is 23.3. The minimum absolute atomic E-state index is 0.0944. The van der Waals surface area contributed by atoms with Crippen molar-refractivity contribution < 1.29 is 33.3 Å². The van der Waals surface area contributed by atoms with Crippen LogP contribution >= 0.6 is 34.5 Å². The number of thiophene rings is 1. The molecule has 2 aromatic heterocycles. The Hall–Kier alpha value is -3.87. The van der Waals surface area contributed by atoms with E-state index in [0.29, 0.717) is 45.3 Å². The summed E-state index contributed by atoms with van der Waals surface area (Å²) in [6, 6.07) is 17.5. The molecule has 1 N–H and O–H groups in total. The monoisotopic (exact) mass is 713 g/mol. The van der Waals surface area contributed by atoms with Gasteiger partial charge in [-0.3, -0.25) is 5.32 Å². The van der Waals surface area contributed by atoms with E-state index in [2.05, 4.69) is 10.2 Å². The summed E-state index contributed by atoms with van der Waals surface area (Å²) in [6.07, 6.45) is 3.30. The smallest absolute Gasteiger partial charge is 0.348 e. The number of ether oxygens (including phenoxy) is 4. The Bertz CT molecular complexity index is 1700. The summed E-state index contributed by atoms with van der Waals surface area (Å²) in [5.74, 6) is 0.0589. The molecular weight excluding hydrogens is 677 g/mol. The number of halogens is 2. The zero-order valence-corrected chi connectivity index (χ0v) is 29.1. The van der Waals surface area contributed by atoms with E-state index < -0.39 is 18.1 Å². The van der Waals surface area contributed by atoms with Crippen LogP contribution in [0.1, 0.15) is 56.2 Å². The van der Waals surface area contributed by atoms with Crippen LogP contribution in [0.15, 0.2) is 73.1 Å². The van der Waals surface area contributed by atoms with E-state index in [1.807, 2.05) is 43.4 Å². The second kappa shape index (κ2) is 16.5. The molecule has 0 saturated carbocycles. The van der Waals surface area contributed by atoms with E-state index in [1.165, 1.54) is 38.0 Å². The van der Waals surface area contributed by atoms with Crippen LogP contribution in [0, 0.1) is 5.21 Å². The number of hydrogen-bond acceptors (Lipinski definition) is 10. The largest absolute Gasteiger partial charge is 0.619 e. The number of esters is 2. The lowest BCUT2D eigenvalue weighted by molar-refractivity contribution is -0.605. The van der Waals surface area contributed by atoms with Crippen molar-refractivity contribution in [3.63, 3.8) is 0 Å². The van der Waals surface area contributed by atoms with Crippen molar-refractivity contribution in [2.45, 2.75) is 44.1 Å². The van der Waals surface area contributed by atoms with Gasteiger partial charge in [-0.25, -0.2) is 9.59 Å². The maximum atomic E-state index is 13.6. The summed E-state index contributed by atoms with van der Waals surface area (Å²) in [7, 11) is 5.07. The van der Waals surface area contributed by atoms with Crippen molar-refractivity contribution in [1.29, 1.82) is 0 Å². The van der Waals surface area contributed by atoms with E-state index >= 15 is 0 Å². The van der Waals surface area contributed by atoms with Gasteiger partial charge >= 0.3 is 11.9 Å². The Kier molecular flexibility index (Phi) is 12.2.